The Morgan fingerprint density at radius 2 is 1.05 bits per heavy atom. The Hall–Kier alpha value is -5.98. The molecular formula is C56H58. The predicted molar refractivity (Wildman–Crippen MR) is 248 cm³/mol. The van der Waals surface area contributed by atoms with Gasteiger partial charge in [0.1, 0.15) is 0 Å². The second kappa shape index (κ2) is 19.1. The molecule has 0 aliphatic heterocycles. The fourth-order valence-corrected chi connectivity index (χ4v) is 7.43. The lowest BCUT2D eigenvalue weighted by Crippen LogP contribution is -2.16. The third-order valence-electron chi connectivity index (χ3n) is 10.6. The molecule has 0 saturated heterocycles. The van der Waals surface area contributed by atoms with Crippen LogP contribution < -0.4 is 0 Å². The third kappa shape index (κ3) is 10.0. The van der Waals surface area contributed by atoms with Gasteiger partial charge in [-0.05, 0) is 127 Å². The first-order valence-corrected chi connectivity index (χ1v) is 19.8. The highest BCUT2D eigenvalue weighted by atomic mass is 14.4. The summed E-state index contributed by atoms with van der Waals surface area (Å²) < 4.78 is 0. The molecule has 1 aliphatic rings. The lowest BCUT2D eigenvalue weighted by Gasteiger charge is -2.23. The van der Waals surface area contributed by atoms with E-state index in [1.54, 1.807) is 0 Å². The molecule has 0 spiro atoms. The number of fused-ring (bicyclic) bond motifs is 2. The first-order chi connectivity index (χ1) is 26.9. The van der Waals surface area contributed by atoms with Gasteiger partial charge in [0.2, 0.25) is 0 Å². The summed E-state index contributed by atoms with van der Waals surface area (Å²) in [6.07, 6.45) is 6.31. The number of benzene rings is 7. The van der Waals surface area contributed by atoms with Crippen molar-refractivity contribution < 1.29 is 0 Å². The van der Waals surface area contributed by atoms with E-state index in [2.05, 4.69) is 221 Å². The highest BCUT2D eigenvalue weighted by Crippen LogP contribution is 2.47. The molecule has 1 aliphatic carbocycles. The van der Waals surface area contributed by atoms with Gasteiger partial charge in [-0.2, -0.15) is 0 Å². The molecule has 0 heteroatoms. The van der Waals surface area contributed by atoms with Crippen molar-refractivity contribution in [3.63, 3.8) is 0 Å². The van der Waals surface area contributed by atoms with Gasteiger partial charge in [-0.3, -0.25) is 0 Å². The molecule has 282 valence electrons. The minimum Gasteiger partial charge on any atom is -0.0984 e. The van der Waals surface area contributed by atoms with E-state index >= 15 is 0 Å². The average molecular weight is 731 g/mol. The Labute approximate surface area is 337 Å². The number of allylic oxidation sites excluding steroid dienone is 5. The molecule has 7 aromatic rings. The Morgan fingerprint density at radius 1 is 0.464 bits per heavy atom. The van der Waals surface area contributed by atoms with Crippen molar-refractivity contribution in [2.75, 3.05) is 0 Å². The summed E-state index contributed by atoms with van der Waals surface area (Å²) in [4.78, 5) is 0. The summed E-state index contributed by atoms with van der Waals surface area (Å²) >= 11 is 0. The van der Waals surface area contributed by atoms with E-state index < -0.39 is 0 Å². The number of hydrogen-bond acceptors (Lipinski definition) is 0. The van der Waals surface area contributed by atoms with E-state index in [0.717, 1.165) is 0 Å². The molecule has 0 saturated carbocycles. The molecule has 0 heterocycles. The molecule has 0 unspecified atom stereocenters. The van der Waals surface area contributed by atoms with Crippen molar-refractivity contribution in [2.45, 2.75) is 67.7 Å². The first kappa shape index (κ1) is 41.2. The van der Waals surface area contributed by atoms with Crippen LogP contribution >= 0.6 is 0 Å². The van der Waals surface area contributed by atoms with E-state index in [9.17, 15) is 0 Å². The van der Waals surface area contributed by atoms with Crippen molar-refractivity contribution in [1.82, 2.24) is 0 Å². The summed E-state index contributed by atoms with van der Waals surface area (Å²) in [5.41, 5.74) is 18.6. The minimum absolute atomic E-state index is 0.0807. The van der Waals surface area contributed by atoms with Gasteiger partial charge in [0.25, 0.3) is 0 Å². The third-order valence-corrected chi connectivity index (χ3v) is 10.6. The topological polar surface area (TPSA) is 0 Å². The van der Waals surface area contributed by atoms with Gasteiger partial charge in [-0.1, -0.05) is 207 Å². The molecule has 0 atom stereocenters. The molecule has 7 aromatic carbocycles. The summed E-state index contributed by atoms with van der Waals surface area (Å²) in [6, 6.07) is 55.8. The summed E-state index contributed by atoms with van der Waals surface area (Å²) in [5, 5.41) is 2.68. The highest BCUT2D eigenvalue weighted by Gasteiger charge is 2.35. The Bertz CT molecular complexity index is 2460. The molecule has 0 N–H and O–H groups in total. The van der Waals surface area contributed by atoms with Gasteiger partial charge in [0, 0.05) is 5.41 Å². The Balaban J connectivity index is 0.000000153. The maximum atomic E-state index is 3.97. The minimum atomic E-state index is 0.0807. The number of rotatable bonds is 4. The van der Waals surface area contributed by atoms with Crippen molar-refractivity contribution in [3.05, 3.63) is 233 Å². The van der Waals surface area contributed by atoms with Gasteiger partial charge in [0.05, 0.1) is 0 Å². The molecule has 56 heavy (non-hydrogen) atoms. The van der Waals surface area contributed by atoms with E-state index in [4.69, 9.17) is 0 Å². The molecule has 0 amide bonds. The van der Waals surface area contributed by atoms with Gasteiger partial charge in [-0.25, -0.2) is 0 Å². The van der Waals surface area contributed by atoms with Crippen LogP contribution in [0.3, 0.4) is 0 Å². The van der Waals surface area contributed by atoms with Gasteiger partial charge in [-0.15, -0.1) is 0 Å². The molecule has 0 radical (unpaired) electrons. The Kier molecular flexibility index (Phi) is 14.0. The van der Waals surface area contributed by atoms with E-state index in [1.165, 1.54) is 88.7 Å². The van der Waals surface area contributed by atoms with Crippen LogP contribution in [0.15, 0.2) is 188 Å². The normalized spacial score (nSPS) is 12.4. The van der Waals surface area contributed by atoms with Crippen molar-refractivity contribution >= 4 is 16.3 Å². The maximum Gasteiger partial charge on any atom is 0.0158 e. The van der Waals surface area contributed by atoms with Crippen LogP contribution in [0.5, 0.6) is 0 Å². The highest BCUT2D eigenvalue weighted by molar-refractivity contribution is 5.88. The standard InChI is InChI=1S/C21H20.C17H20.C11H10.C7H8/c1-15-7-6-9-18(13-15)19-12-11-17(3)21(14-19)20-10-5-4-8-16(20)2;1-6-8-15-13(7-2)14-10-9-12(3)11-16(14)17(15,4)5;1-9-5-4-7-10-6-2-3-8-11(9)10;1-7-5-3-2-4-6-7/h4-14H,1-3H3;6-11H,2H2,1,3-5H3;2-8H,1H3;2-6H,1H3/b;8-6-;;. The fourth-order valence-electron chi connectivity index (χ4n) is 7.43. The Morgan fingerprint density at radius 3 is 1.71 bits per heavy atom. The van der Waals surface area contributed by atoms with Gasteiger partial charge < -0.3 is 0 Å². The maximum absolute atomic E-state index is 3.97. The quantitative estimate of drug-likeness (QED) is 0.169. The van der Waals surface area contributed by atoms with Crippen LogP contribution in [0, 0.1) is 41.5 Å². The molecule has 8 rings (SSSR count). The van der Waals surface area contributed by atoms with Crippen LogP contribution in [0.1, 0.15) is 65.3 Å². The molecule has 0 bridgehead atoms. The largest absolute Gasteiger partial charge is 0.0984 e. The van der Waals surface area contributed by atoms with Crippen LogP contribution in [-0.2, 0) is 5.41 Å². The van der Waals surface area contributed by atoms with E-state index in [-0.39, 0.29) is 5.41 Å². The summed E-state index contributed by atoms with van der Waals surface area (Å²) in [5.74, 6) is 0. The monoisotopic (exact) mass is 730 g/mol. The lowest BCUT2D eigenvalue weighted by atomic mass is 9.80. The average Bonchev–Trinajstić information content (AvgIpc) is 3.41. The number of aryl methyl sites for hydroxylation is 6. The van der Waals surface area contributed by atoms with Crippen LogP contribution in [0.2, 0.25) is 0 Å². The smallest absolute Gasteiger partial charge is 0.0158 e. The van der Waals surface area contributed by atoms with E-state index in [0.29, 0.717) is 0 Å². The van der Waals surface area contributed by atoms with Gasteiger partial charge in [0.15, 0.2) is 0 Å². The first-order valence-electron chi connectivity index (χ1n) is 19.8. The predicted octanol–water partition coefficient (Wildman–Crippen LogP) is 15.9. The number of hydrogen-bond donors (Lipinski definition) is 0. The second-order valence-corrected chi connectivity index (χ2v) is 15.4. The van der Waals surface area contributed by atoms with Crippen LogP contribution in [0.25, 0.3) is 38.6 Å². The zero-order valence-corrected chi connectivity index (χ0v) is 35.0. The van der Waals surface area contributed by atoms with Crippen LogP contribution in [0.4, 0.5) is 0 Å². The molecule has 0 nitrogen and oxygen atoms in total. The molecule has 0 aromatic heterocycles. The zero-order valence-electron chi connectivity index (χ0n) is 35.0. The second-order valence-electron chi connectivity index (χ2n) is 15.4. The molecular weight excluding hydrogens is 673 g/mol. The molecule has 0 fully saturated rings. The van der Waals surface area contributed by atoms with Crippen molar-refractivity contribution in [3.8, 4) is 22.3 Å². The zero-order chi connectivity index (χ0) is 40.2. The summed E-state index contributed by atoms with van der Waals surface area (Å²) in [7, 11) is 0. The fraction of sp³-hybridized carbons (Fsp3) is 0.179. The van der Waals surface area contributed by atoms with Crippen LogP contribution in [-0.4, -0.2) is 0 Å². The van der Waals surface area contributed by atoms with E-state index in [1.807, 2.05) is 24.3 Å². The van der Waals surface area contributed by atoms with Gasteiger partial charge >= 0.3 is 0 Å². The van der Waals surface area contributed by atoms with Crippen molar-refractivity contribution in [1.29, 1.82) is 0 Å². The SMILES string of the molecule is C=CC1=C(/C=C\C)C(C)(C)c2cc(C)ccc21.Cc1cccc(-c2ccc(C)c(-c3ccccc3C)c2)c1.Cc1cccc2ccccc12.Cc1ccccc1. The summed E-state index contributed by atoms with van der Waals surface area (Å²) in [6.45, 7) is 23.5. The lowest BCUT2D eigenvalue weighted by molar-refractivity contribution is 0.653. The van der Waals surface area contributed by atoms with Crippen molar-refractivity contribution in [2.24, 2.45) is 0 Å².